The van der Waals surface area contributed by atoms with Crippen LogP contribution in [-0.2, 0) is 11.5 Å². The Bertz CT molecular complexity index is 338. The Balaban J connectivity index is 2.37. The minimum atomic E-state index is -0.981. The fourth-order valence-corrected chi connectivity index (χ4v) is 3.27. The minimum Gasteiger partial charge on any atom is -0.359 e. The summed E-state index contributed by atoms with van der Waals surface area (Å²) >= 11 is 5.14. The molecule has 1 heterocycles. The molecule has 0 N–H and O–H groups in total. The first kappa shape index (κ1) is 14.3. The van der Waals surface area contributed by atoms with Crippen LogP contribution in [-0.4, -0.2) is 30.7 Å². The topological polar surface area (TPSA) is 27.1 Å². The summed E-state index contributed by atoms with van der Waals surface area (Å²) in [6, 6.07) is 1.20. The molecule has 92 valence electrons. The lowest BCUT2D eigenvalue weighted by molar-refractivity contribution is 0.0725. The molecule has 0 fully saturated rings. The van der Waals surface area contributed by atoms with E-state index in [1.165, 1.54) is 6.04 Å². The maximum Gasteiger partial charge on any atom is 0.140 e. The lowest BCUT2D eigenvalue weighted by Gasteiger charge is -2.15. The number of hydrogen-bond acceptors (Lipinski definition) is 3. The van der Waals surface area contributed by atoms with Gasteiger partial charge in [-0.05, 0) is 28.2 Å². The molecule has 0 radical (unpaired) electrons. The van der Waals surface area contributed by atoms with Gasteiger partial charge < -0.3 is 4.74 Å². The summed E-state index contributed by atoms with van der Waals surface area (Å²) in [5.41, 5.74) is 0. The summed E-state index contributed by atoms with van der Waals surface area (Å²) < 4.78 is 8.58. The second kappa shape index (κ2) is 6.23. The number of rotatable bonds is 6. The van der Waals surface area contributed by atoms with Crippen LogP contribution in [0.4, 0.5) is 0 Å². The van der Waals surface area contributed by atoms with Crippen molar-refractivity contribution in [2.24, 2.45) is 0 Å². The largest absolute Gasteiger partial charge is 0.359 e. The molecular formula is C10H19BrN2OSSi. The maximum absolute atomic E-state index is 5.65. The normalized spacial score (nSPS) is 12.1. The second-order valence-corrected chi connectivity index (χ2v) is 12.1. The summed E-state index contributed by atoms with van der Waals surface area (Å²) in [6.07, 6.45) is 3.86. The first-order chi connectivity index (χ1) is 7.44. The van der Waals surface area contributed by atoms with Crippen LogP contribution < -0.4 is 0 Å². The molecule has 1 rings (SSSR count). The summed E-state index contributed by atoms with van der Waals surface area (Å²) in [5, 5.41) is 5.37. The van der Waals surface area contributed by atoms with E-state index in [4.69, 9.17) is 4.74 Å². The van der Waals surface area contributed by atoms with Crippen molar-refractivity contribution in [1.29, 1.82) is 0 Å². The molecule has 1 aromatic rings. The highest BCUT2D eigenvalue weighted by Gasteiger charge is 2.12. The quantitative estimate of drug-likeness (QED) is 0.454. The van der Waals surface area contributed by atoms with Crippen molar-refractivity contribution in [2.45, 2.75) is 37.4 Å². The van der Waals surface area contributed by atoms with Gasteiger partial charge in [0.25, 0.3) is 0 Å². The van der Waals surface area contributed by atoms with E-state index < -0.39 is 8.07 Å². The van der Waals surface area contributed by atoms with Gasteiger partial charge in [0.2, 0.25) is 0 Å². The number of thioether (sulfide) groups is 1. The number of hydrogen-bond donors (Lipinski definition) is 0. The number of nitrogens with zero attached hydrogens (tertiary/aromatic N) is 2. The summed E-state index contributed by atoms with van der Waals surface area (Å²) in [5.74, 6) is 0. The third-order valence-electron chi connectivity index (χ3n) is 2.15. The average Bonchev–Trinajstić information content (AvgIpc) is 2.52. The molecule has 0 aliphatic carbocycles. The van der Waals surface area contributed by atoms with E-state index >= 15 is 0 Å². The standard InChI is InChI=1S/C10H19BrN2OSSi/c1-15-10-9(11)7-12-13(10)8-14-5-6-16(2,3)4/h7H,5-6,8H2,1-4H3. The van der Waals surface area contributed by atoms with Crippen LogP contribution in [0.25, 0.3) is 0 Å². The summed E-state index contributed by atoms with van der Waals surface area (Å²) in [4.78, 5) is 0. The lowest BCUT2D eigenvalue weighted by Crippen LogP contribution is -2.22. The molecular weight excluding hydrogens is 304 g/mol. The molecule has 1 aromatic heterocycles. The highest BCUT2D eigenvalue weighted by molar-refractivity contribution is 9.10. The minimum absolute atomic E-state index is 0.548. The fourth-order valence-electron chi connectivity index (χ4n) is 1.18. The Labute approximate surface area is 111 Å². The summed E-state index contributed by atoms with van der Waals surface area (Å²) in [6.45, 7) is 8.45. The number of halogens is 1. The molecule has 0 unspecified atom stereocenters. The number of aromatic nitrogens is 2. The van der Waals surface area contributed by atoms with Crippen LogP contribution in [0.1, 0.15) is 0 Å². The molecule has 0 amide bonds. The van der Waals surface area contributed by atoms with Gasteiger partial charge in [0, 0.05) is 14.7 Å². The Morgan fingerprint density at radius 1 is 1.50 bits per heavy atom. The van der Waals surface area contributed by atoms with Crippen molar-refractivity contribution < 1.29 is 4.74 Å². The van der Waals surface area contributed by atoms with Gasteiger partial charge >= 0.3 is 0 Å². The van der Waals surface area contributed by atoms with Gasteiger partial charge in [-0.1, -0.05) is 19.6 Å². The first-order valence-electron chi connectivity index (χ1n) is 5.27. The Morgan fingerprint density at radius 3 is 2.75 bits per heavy atom. The van der Waals surface area contributed by atoms with Crippen LogP contribution in [0, 0.1) is 0 Å². The first-order valence-corrected chi connectivity index (χ1v) is 11.0. The molecule has 0 saturated heterocycles. The SMILES string of the molecule is CSc1c(Br)cnn1COCC[Si](C)(C)C. The van der Waals surface area contributed by atoms with Crippen LogP contribution in [0.5, 0.6) is 0 Å². The van der Waals surface area contributed by atoms with E-state index in [1.807, 2.05) is 17.1 Å². The lowest BCUT2D eigenvalue weighted by atomic mass is 10.7. The van der Waals surface area contributed by atoms with Gasteiger partial charge in [0.1, 0.15) is 11.8 Å². The molecule has 3 nitrogen and oxygen atoms in total. The molecule has 0 aliphatic rings. The van der Waals surface area contributed by atoms with Crippen molar-refractivity contribution in [3.8, 4) is 0 Å². The van der Waals surface area contributed by atoms with Crippen LogP contribution in [0.2, 0.25) is 25.7 Å². The Kier molecular flexibility index (Phi) is 5.56. The van der Waals surface area contributed by atoms with E-state index in [1.54, 1.807) is 11.8 Å². The monoisotopic (exact) mass is 322 g/mol. The fraction of sp³-hybridized carbons (Fsp3) is 0.700. The van der Waals surface area contributed by atoms with E-state index in [0.29, 0.717) is 6.73 Å². The molecule has 0 spiro atoms. The molecule has 0 atom stereocenters. The predicted molar refractivity (Wildman–Crippen MR) is 75.8 cm³/mol. The van der Waals surface area contributed by atoms with E-state index in [2.05, 4.69) is 40.7 Å². The highest BCUT2D eigenvalue weighted by atomic mass is 79.9. The van der Waals surface area contributed by atoms with E-state index in [0.717, 1.165) is 16.1 Å². The van der Waals surface area contributed by atoms with Gasteiger partial charge in [0.05, 0.1) is 10.7 Å². The van der Waals surface area contributed by atoms with Gasteiger partial charge in [-0.2, -0.15) is 5.10 Å². The van der Waals surface area contributed by atoms with Crippen molar-refractivity contribution in [1.82, 2.24) is 9.78 Å². The van der Waals surface area contributed by atoms with Gasteiger partial charge in [-0.15, -0.1) is 11.8 Å². The zero-order valence-corrected chi connectivity index (χ0v) is 13.7. The third-order valence-corrected chi connectivity index (χ3v) is 5.52. The second-order valence-electron chi connectivity index (χ2n) is 4.85. The summed E-state index contributed by atoms with van der Waals surface area (Å²) in [7, 11) is -0.981. The molecule has 0 saturated carbocycles. The molecule has 6 heteroatoms. The zero-order valence-electron chi connectivity index (χ0n) is 10.3. The van der Waals surface area contributed by atoms with Crippen LogP contribution in [0.3, 0.4) is 0 Å². The van der Waals surface area contributed by atoms with Gasteiger partial charge in [-0.25, -0.2) is 4.68 Å². The van der Waals surface area contributed by atoms with Gasteiger partial charge in [0.15, 0.2) is 0 Å². The Hall–Kier alpha value is 0.217. The van der Waals surface area contributed by atoms with E-state index in [-0.39, 0.29) is 0 Å². The molecule has 0 aromatic carbocycles. The Morgan fingerprint density at radius 2 is 2.19 bits per heavy atom. The zero-order chi connectivity index (χ0) is 12.2. The van der Waals surface area contributed by atoms with Crippen molar-refractivity contribution in [3.05, 3.63) is 10.7 Å². The third kappa shape index (κ3) is 4.61. The average molecular weight is 323 g/mol. The predicted octanol–water partition coefficient (Wildman–Crippen LogP) is 3.68. The van der Waals surface area contributed by atoms with Gasteiger partial charge in [-0.3, -0.25) is 0 Å². The van der Waals surface area contributed by atoms with Crippen LogP contribution >= 0.6 is 27.7 Å². The van der Waals surface area contributed by atoms with Crippen LogP contribution in [0.15, 0.2) is 15.7 Å². The molecule has 16 heavy (non-hydrogen) atoms. The molecule has 0 bridgehead atoms. The van der Waals surface area contributed by atoms with E-state index in [9.17, 15) is 0 Å². The maximum atomic E-state index is 5.65. The highest BCUT2D eigenvalue weighted by Crippen LogP contribution is 2.25. The van der Waals surface area contributed by atoms with Crippen molar-refractivity contribution in [3.63, 3.8) is 0 Å². The number of ether oxygens (including phenoxy) is 1. The smallest absolute Gasteiger partial charge is 0.140 e. The van der Waals surface area contributed by atoms with Crippen molar-refractivity contribution >= 4 is 35.8 Å². The van der Waals surface area contributed by atoms with Crippen molar-refractivity contribution in [2.75, 3.05) is 12.9 Å². The molecule has 0 aliphatic heterocycles.